The number of methoxy groups -OCH3 is 1. The molecule has 1 aromatic carbocycles. The molecule has 0 aromatic heterocycles. The zero-order valence-electron chi connectivity index (χ0n) is 12.7. The lowest BCUT2D eigenvalue weighted by Crippen LogP contribution is -2.56. The monoisotopic (exact) mass is 300 g/mol. The zero-order valence-corrected chi connectivity index (χ0v) is 12.7. The largest absolute Gasteiger partial charge is 0.493 e. The molecule has 0 atom stereocenters. The van der Waals surface area contributed by atoms with Crippen molar-refractivity contribution in [1.82, 2.24) is 10.2 Å². The minimum atomic E-state index is -2.85. The van der Waals surface area contributed by atoms with Crippen molar-refractivity contribution in [2.45, 2.75) is 32.5 Å². The lowest BCUT2D eigenvalue weighted by Gasteiger charge is -2.39. The topological polar surface area (TPSA) is 33.7 Å². The van der Waals surface area contributed by atoms with Crippen LogP contribution < -0.4 is 14.8 Å². The Morgan fingerprint density at radius 3 is 2.71 bits per heavy atom. The van der Waals surface area contributed by atoms with Crippen LogP contribution in [-0.4, -0.2) is 43.8 Å². The van der Waals surface area contributed by atoms with E-state index in [1.807, 2.05) is 0 Å². The van der Waals surface area contributed by atoms with Crippen LogP contribution in [0, 0.1) is 0 Å². The van der Waals surface area contributed by atoms with Gasteiger partial charge in [-0.2, -0.15) is 8.78 Å². The van der Waals surface area contributed by atoms with E-state index < -0.39 is 6.61 Å². The highest BCUT2D eigenvalue weighted by Gasteiger charge is 2.25. The molecule has 0 saturated carbocycles. The number of rotatable bonds is 5. The zero-order chi connectivity index (χ0) is 15.5. The van der Waals surface area contributed by atoms with Crippen molar-refractivity contribution < 1.29 is 18.3 Å². The van der Waals surface area contributed by atoms with Gasteiger partial charge in [-0.3, -0.25) is 4.90 Å². The Bertz CT molecular complexity index is 481. The maximum Gasteiger partial charge on any atom is 0.387 e. The molecule has 1 N–H and O–H groups in total. The summed E-state index contributed by atoms with van der Waals surface area (Å²) in [6, 6.07) is 5.09. The second-order valence-corrected chi connectivity index (χ2v) is 5.89. The first-order chi connectivity index (χ1) is 9.89. The number of nitrogens with one attached hydrogen (secondary N) is 1. The molecule has 0 unspecified atom stereocenters. The lowest BCUT2D eigenvalue weighted by molar-refractivity contribution is -0.0512. The fraction of sp³-hybridized carbons (Fsp3) is 0.600. The van der Waals surface area contributed by atoms with Crippen molar-refractivity contribution >= 4 is 0 Å². The number of hydrogen-bond acceptors (Lipinski definition) is 4. The number of hydrogen-bond donors (Lipinski definition) is 1. The molecule has 21 heavy (non-hydrogen) atoms. The quantitative estimate of drug-likeness (QED) is 0.906. The fourth-order valence-electron chi connectivity index (χ4n) is 2.64. The standard InChI is InChI=1S/C15H22F2N2O2/c1-15(2)10-19(7-6-18-15)9-11-4-5-12(21-14(16)17)13(8-11)20-3/h4-5,8,14,18H,6-7,9-10H2,1-3H3. The summed E-state index contributed by atoms with van der Waals surface area (Å²) in [5.74, 6) is 0.402. The number of ether oxygens (including phenoxy) is 2. The molecular formula is C15H22F2N2O2. The summed E-state index contributed by atoms with van der Waals surface area (Å²) in [5, 5.41) is 3.46. The molecule has 1 aliphatic heterocycles. The first-order valence-electron chi connectivity index (χ1n) is 6.99. The van der Waals surface area contributed by atoms with Crippen LogP contribution in [0.3, 0.4) is 0 Å². The van der Waals surface area contributed by atoms with Crippen LogP contribution in [0.15, 0.2) is 18.2 Å². The van der Waals surface area contributed by atoms with Gasteiger partial charge >= 0.3 is 6.61 Å². The van der Waals surface area contributed by atoms with E-state index in [-0.39, 0.29) is 11.3 Å². The predicted octanol–water partition coefficient (Wildman–Crippen LogP) is 2.48. The molecule has 1 fully saturated rings. The molecule has 1 aliphatic rings. The highest BCUT2D eigenvalue weighted by molar-refractivity contribution is 5.43. The second-order valence-electron chi connectivity index (χ2n) is 5.89. The van der Waals surface area contributed by atoms with E-state index in [2.05, 4.69) is 28.8 Å². The third kappa shape index (κ3) is 4.54. The number of benzene rings is 1. The van der Waals surface area contributed by atoms with Crippen LogP contribution in [0.2, 0.25) is 0 Å². The van der Waals surface area contributed by atoms with Crippen LogP contribution in [0.5, 0.6) is 11.5 Å². The lowest BCUT2D eigenvalue weighted by atomic mass is 10.0. The van der Waals surface area contributed by atoms with Crippen molar-refractivity contribution in [3.05, 3.63) is 23.8 Å². The van der Waals surface area contributed by atoms with Gasteiger partial charge in [-0.1, -0.05) is 6.07 Å². The molecule has 4 nitrogen and oxygen atoms in total. The van der Waals surface area contributed by atoms with Gasteiger partial charge in [0.2, 0.25) is 0 Å². The minimum absolute atomic E-state index is 0.0666. The SMILES string of the molecule is COc1cc(CN2CCNC(C)(C)C2)ccc1OC(F)F. The molecule has 1 aromatic rings. The van der Waals surface area contributed by atoms with Gasteiger partial charge in [0.15, 0.2) is 11.5 Å². The average molecular weight is 300 g/mol. The summed E-state index contributed by atoms with van der Waals surface area (Å²) >= 11 is 0. The van der Waals surface area contributed by atoms with Gasteiger partial charge in [0.05, 0.1) is 7.11 Å². The van der Waals surface area contributed by atoms with Crippen LogP contribution in [0.1, 0.15) is 19.4 Å². The van der Waals surface area contributed by atoms with Crippen molar-refractivity contribution in [1.29, 1.82) is 0 Å². The summed E-state index contributed by atoms with van der Waals surface area (Å²) in [6.45, 7) is 5.08. The molecule has 0 spiro atoms. The maximum absolute atomic E-state index is 12.3. The fourth-order valence-corrected chi connectivity index (χ4v) is 2.64. The van der Waals surface area contributed by atoms with E-state index in [0.29, 0.717) is 5.75 Å². The van der Waals surface area contributed by atoms with Gasteiger partial charge in [-0.15, -0.1) is 0 Å². The third-order valence-electron chi connectivity index (χ3n) is 3.50. The van der Waals surface area contributed by atoms with Crippen LogP contribution in [0.25, 0.3) is 0 Å². The highest BCUT2D eigenvalue weighted by atomic mass is 19.3. The summed E-state index contributed by atoms with van der Waals surface area (Å²) < 4.78 is 34.2. The predicted molar refractivity (Wildman–Crippen MR) is 77.0 cm³/mol. The van der Waals surface area contributed by atoms with Crippen LogP contribution in [-0.2, 0) is 6.54 Å². The molecule has 0 aliphatic carbocycles. The smallest absolute Gasteiger partial charge is 0.387 e. The van der Waals surface area contributed by atoms with E-state index in [9.17, 15) is 8.78 Å². The maximum atomic E-state index is 12.3. The molecule has 1 heterocycles. The molecular weight excluding hydrogens is 278 g/mol. The molecule has 0 amide bonds. The Balaban J connectivity index is 2.07. The summed E-state index contributed by atoms with van der Waals surface area (Å²) in [7, 11) is 1.45. The van der Waals surface area contributed by atoms with Crippen LogP contribution in [0.4, 0.5) is 8.78 Å². The molecule has 2 rings (SSSR count). The van der Waals surface area contributed by atoms with Crippen molar-refractivity contribution in [3.8, 4) is 11.5 Å². The molecule has 0 radical (unpaired) electrons. The van der Waals surface area contributed by atoms with Gasteiger partial charge in [-0.25, -0.2) is 0 Å². The normalized spacial score (nSPS) is 18.8. The van der Waals surface area contributed by atoms with E-state index >= 15 is 0 Å². The Morgan fingerprint density at radius 2 is 2.10 bits per heavy atom. The van der Waals surface area contributed by atoms with Crippen molar-refractivity contribution in [3.63, 3.8) is 0 Å². The van der Waals surface area contributed by atoms with Crippen molar-refractivity contribution in [2.75, 3.05) is 26.7 Å². The van der Waals surface area contributed by atoms with Gasteiger partial charge < -0.3 is 14.8 Å². The van der Waals surface area contributed by atoms with E-state index in [1.165, 1.54) is 13.2 Å². The summed E-state index contributed by atoms with van der Waals surface area (Å²) in [5.41, 5.74) is 1.10. The van der Waals surface area contributed by atoms with Crippen LogP contribution >= 0.6 is 0 Å². The Kier molecular flexibility index (Phi) is 5.00. The number of piperazine rings is 1. The average Bonchev–Trinajstić information content (AvgIpc) is 2.38. The van der Waals surface area contributed by atoms with Crippen molar-refractivity contribution in [2.24, 2.45) is 0 Å². The molecule has 0 bridgehead atoms. The van der Waals surface area contributed by atoms with E-state index in [0.717, 1.165) is 31.7 Å². The van der Waals surface area contributed by atoms with Gasteiger partial charge in [0, 0.05) is 31.7 Å². The molecule has 118 valence electrons. The number of halogens is 2. The first-order valence-corrected chi connectivity index (χ1v) is 6.99. The number of nitrogens with zero attached hydrogens (tertiary/aromatic N) is 1. The summed E-state index contributed by atoms with van der Waals surface area (Å²) in [6.07, 6.45) is 0. The second kappa shape index (κ2) is 6.58. The first kappa shape index (κ1) is 16.0. The Morgan fingerprint density at radius 1 is 1.33 bits per heavy atom. The molecule has 6 heteroatoms. The Labute approximate surface area is 124 Å². The third-order valence-corrected chi connectivity index (χ3v) is 3.50. The summed E-state index contributed by atoms with van der Waals surface area (Å²) in [4.78, 5) is 2.33. The number of alkyl halides is 2. The van der Waals surface area contributed by atoms with Gasteiger partial charge in [0.1, 0.15) is 0 Å². The van der Waals surface area contributed by atoms with Gasteiger partial charge in [0.25, 0.3) is 0 Å². The van der Waals surface area contributed by atoms with Gasteiger partial charge in [-0.05, 0) is 31.5 Å². The highest BCUT2D eigenvalue weighted by Crippen LogP contribution is 2.30. The minimum Gasteiger partial charge on any atom is -0.493 e. The molecule has 1 saturated heterocycles. The van der Waals surface area contributed by atoms with E-state index in [1.54, 1.807) is 12.1 Å². The Hall–Kier alpha value is -1.40. The van der Waals surface area contributed by atoms with E-state index in [4.69, 9.17) is 4.74 Å².